The molecule has 0 saturated heterocycles. The number of phosphoric ester groups is 2. The normalized spacial score (nSPS) is 29.6. The first-order valence-corrected chi connectivity index (χ1v) is 27.9. The Morgan fingerprint density at radius 2 is 1.49 bits per heavy atom. The van der Waals surface area contributed by atoms with Gasteiger partial charge in [-0.2, -0.15) is 0 Å². The Morgan fingerprint density at radius 1 is 0.845 bits per heavy atom. The van der Waals surface area contributed by atoms with Crippen LogP contribution in [-0.4, -0.2) is 120 Å². The van der Waals surface area contributed by atoms with Gasteiger partial charge in [-0.05, 0) is 83.1 Å². The predicted octanol–water partition coefficient (Wildman–Crippen LogP) is 7.57. The number of fused-ring (bicyclic) bond motifs is 4. The Morgan fingerprint density at radius 3 is 2.13 bits per heavy atom. The molecule has 0 aromatic rings. The summed E-state index contributed by atoms with van der Waals surface area (Å²) in [6.45, 7) is 2.46. The summed E-state index contributed by atoms with van der Waals surface area (Å²) in [6.07, 6.45) is 21.9. The fourth-order valence-corrected chi connectivity index (χ4v) is 8.95. The third-order valence-corrected chi connectivity index (χ3v) is 12.9. The van der Waals surface area contributed by atoms with Crippen LogP contribution in [0.2, 0.25) is 0 Å². The van der Waals surface area contributed by atoms with E-state index in [1.165, 1.54) is 12.2 Å². The van der Waals surface area contributed by atoms with Gasteiger partial charge in [0.05, 0.1) is 30.8 Å². The summed E-state index contributed by atoms with van der Waals surface area (Å²) in [5, 5.41) is 56.5. The van der Waals surface area contributed by atoms with Gasteiger partial charge in [0.25, 0.3) is 0 Å². The minimum atomic E-state index is -5.76. The van der Waals surface area contributed by atoms with E-state index >= 15 is 0 Å². The number of carbonyl (C=O) groups excluding carboxylic acids is 3. The van der Waals surface area contributed by atoms with Crippen molar-refractivity contribution in [1.29, 1.82) is 0 Å². The van der Waals surface area contributed by atoms with Gasteiger partial charge < -0.3 is 49.7 Å². The first-order valence-electron chi connectivity index (χ1n) is 24.8. The molecule has 0 aromatic heterocycles. The molecule has 1 aliphatic heterocycles. The number of esters is 2. The molecule has 0 radical (unpaired) electrons. The van der Waals surface area contributed by atoms with Crippen LogP contribution in [0.3, 0.4) is 0 Å². The van der Waals surface area contributed by atoms with Gasteiger partial charge in [-0.1, -0.05) is 131 Å². The Hall–Kier alpha value is -3.45. The first kappa shape index (κ1) is 63.7. The van der Waals surface area contributed by atoms with Crippen LogP contribution in [0.5, 0.6) is 0 Å². The van der Waals surface area contributed by atoms with Crippen molar-refractivity contribution < 1.29 is 86.8 Å². The molecule has 0 spiro atoms. The Balaban J connectivity index is 2.20. The summed E-state index contributed by atoms with van der Waals surface area (Å²) in [7, 11) is -11.4. The summed E-state index contributed by atoms with van der Waals surface area (Å²) in [6, 6.07) is 0. The molecule has 2 rings (SSSR count). The van der Waals surface area contributed by atoms with E-state index in [-0.39, 0.29) is 32.1 Å². The van der Waals surface area contributed by atoms with E-state index in [1.54, 1.807) is 12.2 Å². The second-order valence-electron chi connectivity index (χ2n) is 17.5. The summed E-state index contributed by atoms with van der Waals surface area (Å²) < 4.78 is 52.0. The summed E-state index contributed by atoms with van der Waals surface area (Å²) >= 11 is 0. The number of allylic oxidation sites excluding steroid dienone is 13. The number of phosphoric acid groups is 2. The van der Waals surface area contributed by atoms with E-state index in [0.717, 1.165) is 69.9 Å². The van der Waals surface area contributed by atoms with Gasteiger partial charge >= 0.3 is 27.6 Å². The molecule has 0 aromatic carbocycles. The quantitative estimate of drug-likeness (QED) is 0.0189. The topological polar surface area (TPSA) is 293 Å². The monoisotopic (exact) mass is 1040 g/mol. The van der Waals surface area contributed by atoms with Crippen molar-refractivity contribution in [3.63, 3.8) is 0 Å². The molecule has 0 fully saturated rings. The fourth-order valence-electron chi connectivity index (χ4n) is 7.42. The van der Waals surface area contributed by atoms with Gasteiger partial charge in [0.2, 0.25) is 0 Å². The zero-order valence-corrected chi connectivity index (χ0v) is 43.0. The number of unbranched alkanes of at least 4 members (excludes halogenated alkanes) is 5. The molecule has 1 aliphatic carbocycles. The zero-order valence-electron chi connectivity index (χ0n) is 41.2. The molecule has 71 heavy (non-hydrogen) atoms. The Kier molecular flexibility index (Phi) is 32.7. The SMILES string of the molecule is CC/C=C\C/C=C\C/C=C\C/C=C\C/C=C\CCCCCC(=O)OC[C@@H]1COP(=O)(O)O[C@H]2[C@H](O)[C@@H](O)[C@H](O)[C@H](/C=C\C(=O)[C@H](/C=C/[C@@H](O)CCCCC)[C@@H](O)[C@H]2OP(=O)(O)O)C/C=C\CCCC(=O)O1. The number of ether oxygens (including phenoxy) is 2. The average Bonchev–Trinajstić information content (AvgIpc) is 3.32. The van der Waals surface area contributed by atoms with Crippen molar-refractivity contribution in [2.75, 3.05) is 13.2 Å². The highest BCUT2D eigenvalue weighted by molar-refractivity contribution is 7.47. The summed E-state index contributed by atoms with van der Waals surface area (Å²) in [5.41, 5.74) is 0. The minimum Gasteiger partial charge on any atom is -0.462 e. The van der Waals surface area contributed by atoms with Crippen molar-refractivity contribution in [3.05, 3.63) is 97.2 Å². The first-order chi connectivity index (χ1) is 33.9. The van der Waals surface area contributed by atoms with Crippen molar-refractivity contribution in [1.82, 2.24) is 0 Å². The fraction of sp³-hybridized carbons (Fsp3) is 0.627. The van der Waals surface area contributed by atoms with Gasteiger partial charge in [-0.15, -0.1) is 0 Å². The van der Waals surface area contributed by atoms with E-state index in [0.29, 0.717) is 25.7 Å². The van der Waals surface area contributed by atoms with Crippen molar-refractivity contribution >= 4 is 33.4 Å². The summed E-state index contributed by atoms with van der Waals surface area (Å²) in [5.74, 6) is -5.34. The molecule has 2 bridgehead atoms. The van der Waals surface area contributed by atoms with Crippen LogP contribution in [0.15, 0.2) is 97.2 Å². The molecule has 11 atom stereocenters. The van der Waals surface area contributed by atoms with E-state index in [2.05, 4.69) is 67.7 Å². The maximum atomic E-state index is 13.8. The van der Waals surface area contributed by atoms with Crippen molar-refractivity contribution in [2.24, 2.45) is 11.8 Å². The smallest absolute Gasteiger partial charge is 0.462 e. The van der Waals surface area contributed by atoms with Crippen LogP contribution in [-0.2, 0) is 46.6 Å². The summed E-state index contributed by atoms with van der Waals surface area (Å²) in [4.78, 5) is 70.4. The van der Waals surface area contributed by atoms with Crippen LogP contribution in [0, 0.1) is 11.8 Å². The average molecular weight is 1040 g/mol. The molecule has 1 heterocycles. The minimum absolute atomic E-state index is 0.0189. The van der Waals surface area contributed by atoms with Gasteiger partial charge in [-0.25, -0.2) is 9.13 Å². The number of carbonyl (C=O) groups is 3. The van der Waals surface area contributed by atoms with E-state index in [9.17, 15) is 63.7 Å². The zero-order chi connectivity index (χ0) is 52.5. The molecule has 0 saturated carbocycles. The highest BCUT2D eigenvalue weighted by atomic mass is 31.2. The number of hydrogen-bond donors (Lipinski definition) is 8. The molecule has 8 N–H and O–H groups in total. The third kappa shape index (κ3) is 28.6. The molecule has 0 amide bonds. The highest BCUT2D eigenvalue weighted by Gasteiger charge is 2.50. The van der Waals surface area contributed by atoms with Gasteiger partial charge in [-0.3, -0.25) is 28.0 Å². The Bertz CT molecular complexity index is 1880. The van der Waals surface area contributed by atoms with Crippen LogP contribution in [0.1, 0.15) is 129 Å². The lowest BCUT2D eigenvalue weighted by Gasteiger charge is -2.38. The van der Waals surface area contributed by atoms with Crippen LogP contribution in [0.4, 0.5) is 0 Å². The highest BCUT2D eigenvalue weighted by Crippen LogP contribution is 2.49. The molecular formula is C51H80O18P2. The lowest BCUT2D eigenvalue weighted by Crippen LogP contribution is -2.56. The standard InChI is InChI=1S/C51H80O18P2/c1-3-5-7-8-9-10-11-12-13-14-15-16-17-18-19-20-21-22-27-31-44(54)65-37-41-38-66-71(63,64)69-51-49(59)48(58)46(56)39(29-26-23-24-28-32-45(55)67-41)33-36-43(53)42(35-34-40(52)30-25-6-4-2)47(57)50(51)68-70(60,61)62/h5,7,9-10,12-13,15-16,18-19,23,26,33-36,39-42,46-52,56-59H,3-4,6,8,11,14,17,20-22,24-25,27-32,37-38H2,1-2H3,(H,63,64)(H2,60,61,62)/b7-5-,10-9-,13-12-,16-15-,19-18-,26-23-,35-34+,36-33-/t39-,40-,41+,42-,46+,47+,48-,49+,50+,51-/m0/s1. The molecule has 20 heteroatoms. The van der Waals surface area contributed by atoms with Gasteiger partial charge in [0, 0.05) is 18.8 Å². The molecule has 18 nitrogen and oxygen atoms in total. The molecule has 402 valence electrons. The number of cyclic esters (lactones) is 1. The number of aliphatic hydroxyl groups is 5. The molecule has 1 unspecified atom stereocenters. The van der Waals surface area contributed by atoms with Crippen molar-refractivity contribution in [2.45, 2.75) is 178 Å². The van der Waals surface area contributed by atoms with E-state index in [1.807, 2.05) is 6.92 Å². The van der Waals surface area contributed by atoms with Gasteiger partial charge in [0.1, 0.15) is 31.0 Å². The second kappa shape index (κ2) is 36.5. The predicted molar refractivity (Wildman–Crippen MR) is 268 cm³/mol. The largest absolute Gasteiger partial charge is 0.472 e. The maximum Gasteiger partial charge on any atom is 0.472 e. The second-order valence-corrected chi connectivity index (χ2v) is 20.1. The number of hydrogen-bond acceptors (Lipinski definition) is 15. The van der Waals surface area contributed by atoms with E-state index in [4.69, 9.17) is 23.0 Å². The number of ketones is 1. The lowest BCUT2D eigenvalue weighted by atomic mass is 9.87. The van der Waals surface area contributed by atoms with Gasteiger partial charge in [0.15, 0.2) is 11.9 Å². The van der Waals surface area contributed by atoms with Crippen LogP contribution in [0.25, 0.3) is 0 Å². The maximum absolute atomic E-state index is 13.8. The lowest BCUT2D eigenvalue weighted by molar-refractivity contribution is -0.163. The van der Waals surface area contributed by atoms with Crippen LogP contribution >= 0.6 is 15.6 Å². The van der Waals surface area contributed by atoms with Crippen LogP contribution < -0.4 is 0 Å². The molecule has 2 aliphatic rings. The Labute approximate surface area is 419 Å². The third-order valence-electron chi connectivity index (χ3n) is 11.4. The van der Waals surface area contributed by atoms with E-state index < -0.39 is 107 Å². The number of aliphatic hydroxyl groups excluding tert-OH is 5. The van der Waals surface area contributed by atoms with Crippen molar-refractivity contribution in [3.8, 4) is 0 Å². The molecular weight excluding hydrogens is 962 g/mol. The number of rotatable bonds is 25.